The zero-order valence-electron chi connectivity index (χ0n) is 11.0. The van der Waals surface area contributed by atoms with Gasteiger partial charge in [0.25, 0.3) is 10.0 Å². The van der Waals surface area contributed by atoms with Crippen molar-refractivity contribution in [2.75, 3.05) is 5.88 Å². The van der Waals surface area contributed by atoms with E-state index in [1.54, 1.807) is 30.3 Å². The molecule has 0 radical (unpaired) electrons. The molecule has 0 spiro atoms. The molecule has 6 heteroatoms. The maximum absolute atomic E-state index is 12.3. The first kappa shape index (κ1) is 15.9. The van der Waals surface area contributed by atoms with E-state index in [-0.39, 0.29) is 21.5 Å². The van der Waals surface area contributed by atoms with Gasteiger partial charge in [-0.3, -0.25) is 4.72 Å². The average Bonchev–Trinajstić information content (AvgIpc) is 2.53. The van der Waals surface area contributed by atoms with E-state index in [1.165, 1.54) is 12.1 Å². The molecule has 0 amide bonds. The molecule has 0 heterocycles. The van der Waals surface area contributed by atoms with Gasteiger partial charge in [-0.05, 0) is 17.7 Å². The fourth-order valence-corrected chi connectivity index (χ4v) is 3.49. The predicted octanol–water partition coefficient (Wildman–Crippen LogP) is 3.81. The Bertz CT molecular complexity index is 729. The van der Waals surface area contributed by atoms with Gasteiger partial charge in [0.1, 0.15) is 0 Å². The van der Waals surface area contributed by atoms with Gasteiger partial charge < -0.3 is 0 Å². The second-order valence-electron chi connectivity index (χ2n) is 4.21. The van der Waals surface area contributed by atoms with E-state index in [0.29, 0.717) is 5.56 Å². The van der Waals surface area contributed by atoms with Crippen LogP contribution in [0.4, 0.5) is 0 Å². The van der Waals surface area contributed by atoms with Crippen molar-refractivity contribution in [3.05, 3.63) is 71.9 Å². The zero-order chi connectivity index (χ0) is 15.3. The van der Waals surface area contributed by atoms with Crippen LogP contribution >= 0.6 is 23.2 Å². The second kappa shape index (κ2) is 6.98. The standard InChI is InChI=1S/C15H13Cl2NO2S/c16-11-14(15(17)12-7-3-1-4-8-12)18-21(19,20)13-9-5-2-6-10-13/h1-10,18H,11H2. The van der Waals surface area contributed by atoms with Gasteiger partial charge in [-0.15, -0.1) is 11.6 Å². The van der Waals surface area contributed by atoms with Crippen LogP contribution in [-0.2, 0) is 10.0 Å². The van der Waals surface area contributed by atoms with Crippen LogP contribution in [0.1, 0.15) is 5.56 Å². The van der Waals surface area contributed by atoms with Crippen molar-refractivity contribution in [3.63, 3.8) is 0 Å². The summed E-state index contributed by atoms with van der Waals surface area (Å²) in [5.74, 6) is -0.0419. The minimum absolute atomic E-state index is 0.0419. The number of allylic oxidation sites excluding steroid dienone is 1. The number of halogens is 2. The van der Waals surface area contributed by atoms with Gasteiger partial charge in [0.05, 0.1) is 21.5 Å². The normalized spacial score (nSPS) is 12.7. The maximum atomic E-state index is 12.3. The SMILES string of the molecule is O=S(=O)(NC(CCl)=C(Cl)c1ccccc1)c1ccccc1. The number of alkyl halides is 1. The molecule has 1 N–H and O–H groups in total. The van der Waals surface area contributed by atoms with Gasteiger partial charge in [0.2, 0.25) is 0 Å². The van der Waals surface area contributed by atoms with E-state index in [0.717, 1.165) is 0 Å². The summed E-state index contributed by atoms with van der Waals surface area (Å²) in [6.45, 7) is 0. The molecule has 0 fully saturated rings. The van der Waals surface area contributed by atoms with Crippen LogP contribution < -0.4 is 4.72 Å². The molecule has 0 aliphatic rings. The smallest absolute Gasteiger partial charge is 0.261 e. The first-order valence-corrected chi connectivity index (χ1v) is 8.52. The average molecular weight is 342 g/mol. The predicted molar refractivity (Wildman–Crippen MR) is 86.7 cm³/mol. The lowest BCUT2D eigenvalue weighted by molar-refractivity contribution is 0.589. The van der Waals surface area contributed by atoms with Crippen LogP contribution in [-0.4, -0.2) is 14.3 Å². The van der Waals surface area contributed by atoms with Crippen molar-refractivity contribution in [3.8, 4) is 0 Å². The zero-order valence-corrected chi connectivity index (χ0v) is 13.3. The lowest BCUT2D eigenvalue weighted by Gasteiger charge is -2.12. The Morgan fingerprint density at radius 1 is 0.952 bits per heavy atom. The summed E-state index contributed by atoms with van der Waals surface area (Å²) in [5, 5.41) is 0.283. The summed E-state index contributed by atoms with van der Waals surface area (Å²) in [5.41, 5.74) is 0.943. The summed E-state index contributed by atoms with van der Waals surface area (Å²) >= 11 is 12.1. The summed E-state index contributed by atoms with van der Waals surface area (Å²) in [7, 11) is -3.70. The molecule has 2 rings (SSSR count). The highest BCUT2D eigenvalue weighted by molar-refractivity contribution is 7.89. The molecule has 2 aromatic rings. The third-order valence-corrected chi connectivity index (χ3v) is 4.86. The number of nitrogens with one attached hydrogen (secondary N) is 1. The molecule has 21 heavy (non-hydrogen) atoms. The molecule has 110 valence electrons. The van der Waals surface area contributed by atoms with Crippen molar-refractivity contribution in [1.29, 1.82) is 0 Å². The Labute approximate surface area is 134 Å². The van der Waals surface area contributed by atoms with Crippen molar-refractivity contribution < 1.29 is 8.42 Å². The van der Waals surface area contributed by atoms with Gasteiger partial charge in [-0.1, -0.05) is 60.1 Å². The second-order valence-corrected chi connectivity index (χ2v) is 6.54. The van der Waals surface area contributed by atoms with Crippen molar-refractivity contribution in [2.24, 2.45) is 0 Å². The minimum Gasteiger partial charge on any atom is -0.281 e. The molecule has 0 unspecified atom stereocenters. The highest BCUT2D eigenvalue weighted by atomic mass is 35.5. The Morgan fingerprint density at radius 3 is 2.00 bits per heavy atom. The molecular formula is C15H13Cl2NO2S. The molecule has 3 nitrogen and oxygen atoms in total. The molecule has 0 aliphatic carbocycles. The third kappa shape index (κ3) is 4.00. The Kier molecular flexibility index (Phi) is 5.28. The van der Waals surface area contributed by atoms with Gasteiger partial charge >= 0.3 is 0 Å². The number of hydrogen-bond acceptors (Lipinski definition) is 2. The molecular weight excluding hydrogens is 329 g/mol. The summed E-state index contributed by atoms with van der Waals surface area (Å²) in [4.78, 5) is 0.158. The van der Waals surface area contributed by atoms with E-state index in [4.69, 9.17) is 23.2 Å². The fraction of sp³-hybridized carbons (Fsp3) is 0.0667. The van der Waals surface area contributed by atoms with E-state index < -0.39 is 10.0 Å². The molecule has 0 aliphatic heterocycles. The third-order valence-electron chi connectivity index (χ3n) is 2.74. The molecule has 0 saturated heterocycles. The van der Waals surface area contributed by atoms with Crippen LogP contribution in [0.15, 0.2) is 71.3 Å². The van der Waals surface area contributed by atoms with Gasteiger partial charge in [-0.2, -0.15) is 0 Å². The largest absolute Gasteiger partial charge is 0.281 e. The number of benzene rings is 2. The number of sulfonamides is 1. The van der Waals surface area contributed by atoms with Crippen LogP contribution in [0.2, 0.25) is 0 Å². The molecule has 0 bridgehead atoms. The van der Waals surface area contributed by atoms with Gasteiger partial charge in [0.15, 0.2) is 0 Å². The molecule has 0 aromatic heterocycles. The first-order chi connectivity index (χ1) is 10.0. The van der Waals surface area contributed by atoms with Gasteiger partial charge in [0, 0.05) is 0 Å². The van der Waals surface area contributed by atoms with Crippen LogP contribution in [0.3, 0.4) is 0 Å². The summed E-state index contributed by atoms with van der Waals surface area (Å²) in [6, 6.07) is 17.1. The fourth-order valence-electron chi connectivity index (χ4n) is 1.71. The topological polar surface area (TPSA) is 46.2 Å². The van der Waals surface area contributed by atoms with Crippen molar-refractivity contribution in [2.45, 2.75) is 4.90 Å². The first-order valence-electron chi connectivity index (χ1n) is 6.12. The highest BCUT2D eigenvalue weighted by Gasteiger charge is 2.17. The van der Waals surface area contributed by atoms with E-state index >= 15 is 0 Å². The lowest BCUT2D eigenvalue weighted by Crippen LogP contribution is -2.24. The maximum Gasteiger partial charge on any atom is 0.261 e. The van der Waals surface area contributed by atoms with Crippen molar-refractivity contribution >= 4 is 38.3 Å². The quantitative estimate of drug-likeness (QED) is 0.840. The Balaban J connectivity index is 2.36. The minimum atomic E-state index is -3.70. The summed E-state index contributed by atoms with van der Waals surface area (Å²) in [6.07, 6.45) is 0. The summed E-state index contributed by atoms with van der Waals surface area (Å²) < 4.78 is 27.0. The van der Waals surface area contributed by atoms with E-state index in [2.05, 4.69) is 4.72 Å². The molecule has 0 saturated carbocycles. The highest BCUT2D eigenvalue weighted by Crippen LogP contribution is 2.23. The lowest BCUT2D eigenvalue weighted by atomic mass is 10.2. The van der Waals surface area contributed by atoms with Gasteiger partial charge in [-0.25, -0.2) is 8.42 Å². The monoisotopic (exact) mass is 341 g/mol. The van der Waals surface area contributed by atoms with Crippen molar-refractivity contribution in [1.82, 2.24) is 4.72 Å². The van der Waals surface area contributed by atoms with Crippen LogP contribution in [0.25, 0.3) is 5.03 Å². The molecule has 0 atom stereocenters. The number of rotatable bonds is 5. The van der Waals surface area contributed by atoms with E-state index in [9.17, 15) is 8.42 Å². The van der Waals surface area contributed by atoms with Crippen LogP contribution in [0.5, 0.6) is 0 Å². The Morgan fingerprint density at radius 2 is 1.48 bits per heavy atom. The molecule has 2 aromatic carbocycles. The Hall–Kier alpha value is -1.49. The van der Waals surface area contributed by atoms with Crippen LogP contribution in [0, 0.1) is 0 Å². The number of hydrogen-bond donors (Lipinski definition) is 1. The van der Waals surface area contributed by atoms with E-state index in [1.807, 2.05) is 18.2 Å².